The molecule has 0 bridgehead atoms. The van der Waals surface area contributed by atoms with Crippen LogP contribution in [0.4, 0.5) is 0 Å². The Morgan fingerprint density at radius 1 is 1.36 bits per heavy atom. The quantitative estimate of drug-likeness (QED) is 0.534. The van der Waals surface area contributed by atoms with E-state index in [0.29, 0.717) is 6.23 Å². The molecule has 0 heterocycles. The van der Waals surface area contributed by atoms with E-state index in [9.17, 15) is 0 Å². The molecule has 0 aliphatic rings. The lowest BCUT2D eigenvalue weighted by atomic mass is 10.0. The molecule has 2 heteroatoms. The number of rotatable bonds is 7. The van der Waals surface area contributed by atoms with Crippen molar-refractivity contribution in [2.75, 3.05) is 12.8 Å². The van der Waals surface area contributed by atoms with Gasteiger partial charge in [0, 0.05) is 12.8 Å². The molecule has 0 aromatic carbocycles. The van der Waals surface area contributed by atoms with Crippen LogP contribution in [0.25, 0.3) is 0 Å². The van der Waals surface area contributed by atoms with E-state index >= 15 is 0 Å². The van der Waals surface area contributed by atoms with Gasteiger partial charge in [-0.3, -0.25) is 0 Å². The number of hydrogen-bond acceptors (Lipinski definition) is 1. The van der Waals surface area contributed by atoms with E-state index in [1.54, 1.807) is 0 Å². The first-order valence-electron chi connectivity index (χ1n) is 4.57. The number of unbranched alkanes of at least 4 members (excludes halogenated alkanes) is 1. The molecule has 65 valence electrons. The molecule has 0 spiro atoms. The highest BCUT2D eigenvalue weighted by molar-refractivity contribution is 6.08. The Balaban J connectivity index is 3.25. The smallest absolute Gasteiger partial charge is 0.0609 e. The Morgan fingerprint density at radius 3 is 2.55 bits per heavy atom. The summed E-state index contributed by atoms with van der Waals surface area (Å²) in [6, 6.07) is 0. The van der Waals surface area contributed by atoms with Gasteiger partial charge < -0.3 is 4.74 Å². The van der Waals surface area contributed by atoms with E-state index < -0.39 is 0 Å². The summed E-state index contributed by atoms with van der Waals surface area (Å²) in [5, 5.41) is 0. The zero-order valence-electron chi connectivity index (χ0n) is 7.73. The van der Waals surface area contributed by atoms with Crippen molar-refractivity contribution in [1.82, 2.24) is 0 Å². The molecule has 0 N–H and O–H groups in total. The summed E-state index contributed by atoms with van der Waals surface area (Å²) in [7, 11) is 3.30. The molecule has 0 aliphatic carbocycles. The molecule has 0 aromatic heterocycles. The Bertz CT molecular complexity index is 68.0. The Kier molecular flexibility index (Phi) is 8.41. The summed E-state index contributed by atoms with van der Waals surface area (Å²) in [5.41, 5.74) is 0. The average Bonchev–Trinajstić information content (AvgIpc) is 2.05. The van der Waals surface area contributed by atoms with Crippen LogP contribution in [0.15, 0.2) is 0 Å². The fraction of sp³-hybridized carbons (Fsp3) is 1.00. The van der Waals surface area contributed by atoms with Crippen LogP contribution < -0.4 is 0 Å². The predicted molar refractivity (Wildman–Crippen MR) is 49.9 cm³/mol. The summed E-state index contributed by atoms with van der Waals surface area (Å²) in [5.74, 6) is 0.770. The van der Waals surface area contributed by atoms with Crippen molar-refractivity contribution < 1.29 is 4.74 Å². The van der Waals surface area contributed by atoms with Crippen molar-refractivity contribution in [3.05, 3.63) is 0 Å². The van der Waals surface area contributed by atoms with Gasteiger partial charge in [0.15, 0.2) is 0 Å². The molecule has 0 saturated heterocycles. The van der Waals surface area contributed by atoms with E-state index in [1.807, 2.05) is 0 Å². The minimum atomic E-state index is 0.669. The zero-order chi connectivity index (χ0) is 8.53. The first-order valence-corrected chi connectivity index (χ1v) is 5.28. The predicted octanol–water partition coefficient (Wildman–Crippen LogP) is 2.35. The van der Waals surface area contributed by atoms with Crippen LogP contribution in [0.1, 0.15) is 39.5 Å². The number of ether oxygens (including phenoxy) is 1. The van der Waals surface area contributed by atoms with Crippen LogP contribution >= 0.6 is 0 Å². The second-order valence-corrected chi connectivity index (χ2v) is 3.22. The summed E-state index contributed by atoms with van der Waals surface area (Å²) in [6.07, 6.45) is 5.86. The van der Waals surface area contributed by atoms with Gasteiger partial charge in [0.1, 0.15) is 0 Å². The monoisotopic (exact) mass is 171 g/mol. The molecule has 1 unspecified atom stereocenters. The van der Waals surface area contributed by atoms with Crippen LogP contribution in [0.3, 0.4) is 0 Å². The molecule has 1 nitrogen and oxygen atoms in total. The minimum absolute atomic E-state index is 0.669. The van der Waals surface area contributed by atoms with Gasteiger partial charge in [-0.05, 0) is 12.3 Å². The first-order chi connectivity index (χ1) is 5.35. The highest BCUT2D eigenvalue weighted by atomic mass is 28.1. The third kappa shape index (κ3) is 6.57. The van der Waals surface area contributed by atoms with Gasteiger partial charge in [-0.2, -0.15) is 0 Å². The van der Waals surface area contributed by atoms with E-state index in [1.165, 1.54) is 25.7 Å². The normalized spacial score (nSPS) is 13.4. The topological polar surface area (TPSA) is 9.23 Å². The maximum absolute atomic E-state index is 5.30. The summed E-state index contributed by atoms with van der Waals surface area (Å²) in [6.45, 7) is 5.38. The molecular formula is C9H19OSi. The first kappa shape index (κ1) is 11.2. The average molecular weight is 171 g/mol. The molecule has 11 heavy (non-hydrogen) atoms. The highest BCUT2D eigenvalue weighted by Gasteiger charge is 2.04. The van der Waals surface area contributed by atoms with Crippen LogP contribution in [0, 0.1) is 5.92 Å². The van der Waals surface area contributed by atoms with Gasteiger partial charge >= 0.3 is 0 Å². The second kappa shape index (κ2) is 8.28. The second-order valence-electron chi connectivity index (χ2n) is 2.93. The van der Waals surface area contributed by atoms with Gasteiger partial charge in [-0.25, -0.2) is 0 Å². The standard InChI is InChI=1S/C9H19OSi/c1-3-5-6-9(4-2)7-10-8-11/h9H,3-8H2,1-2H3. The molecule has 0 amide bonds. The molecule has 3 radical (unpaired) electrons. The lowest BCUT2D eigenvalue weighted by molar-refractivity contribution is 0.129. The molecule has 0 rings (SSSR count). The maximum Gasteiger partial charge on any atom is 0.0609 e. The molecular weight excluding hydrogens is 152 g/mol. The maximum atomic E-state index is 5.30. The van der Waals surface area contributed by atoms with Crippen LogP contribution in [-0.4, -0.2) is 23.1 Å². The largest absolute Gasteiger partial charge is 0.385 e. The van der Waals surface area contributed by atoms with Crippen molar-refractivity contribution >= 4 is 10.2 Å². The van der Waals surface area contributed by atoms with Gasteiger partial charge in [-0.15, -0.1) is 0 Å². The van der Waals surface area contributed by atoms with Gasteiger partial charge in [0.05, 0.1) is 10.2 Å². The van der Waals surface area contributed by atoms with Crippen molar-refractivity contribution in [3.8, 4) is 0 Å². The highest BCUT2D eigenvalue weighted by Crippen LogP contribution is 2.12. The van der Waals surface area contributed by atoms with Crippen molar-refractivity contribution in [2.45, 2.75) is 39.5 Å². The third-order valence-corrected chi connectivity index (χ3v) is 2.20. The molecule has 0 fully saturated rings. The Hall–Kier alpha value is 0.177. The lowest BCUT2D eigenvalue weighted by Gasteiger charge is -2.13. The van der Waals surface area contributed by atoms with Gasteiger partial charge in [0.25, 0.3) is 0 Å². The summed E-state index contributed by atoms with van der Waals surface area (Å²) < 4.78 is 5.30. The summed E-state index contributed by atoms with van der Waals surface area (Å²) >= 11 is 0. The third-order valence-electron chi connectivity index (χ3n) is 2.00. The van der Waals surface area contributed by atoms with Crippen molar-refractivity contribution in [1.29, 1.82) is 0 Å². The SMILES string of the molecule is CCCCC(CC)COC[Si]. The molecule has 1 atom stereocenters. The zero-order valence-corrected chi connectivity index (χ0v) is 8.73. The van der Waals surface area contributed by atoms with E-state index in [0.717, 1.165) is 12.5 Å². The van der Waals surface area contributed by atoms with Crippen molar-refractivity contribution in [3.63, 3.8) is 0 Å². The van der Waals surface area contributed by atoms with Crippen molar-refractivity contribution in [2.24, 2.45) is 5.92 Å². The van der Waals surface area contributed by atoms with E-state index in [4.69, 9.17) is 4.74 Å². The lowest BCUT2D eigenvalue weighted by Crippen LogP contribution is -2.09. The Labute approximate surface area is 73.9 Å². The van der Waals surface area contributed by atoms with Gasteiger partial charge in [-0.1, -0.05) is 33.1 Å². The van der Waals surface area contributed by atoms with Crippen LogP contribution in [-0.2, 0) is 4.74 Å². The fourth-order valence-corrected chi connectivity index (χ4v) is 1.24. The van der Waals surface area contributed by atoms with E-state index in [-0.39, 0.29) is 0 Å². The molecule has 0 saturated carbocycles. The van der Waals surface area contributed by atoms with Gasteiger partial charge in [0.2, 0.25) is 0 Å². The molecule has 0 aliphatic heterocycles. The Morgan fingerprint density at radius 2 is 2.09 bits per heavy atom. The minimum Gasteiger partial charge on any atom is -0.385 e. The fourth-order valence-electron chi connectivity index (χ4n) is 1.12. The van der Waals surface area contributed by atoms with Crippen LogP contribution in [0.5, 0.6) is 0 Å². The van der Waals surface area contributed by atoms with Crippen LogP contribution in [0.2, 0.25) is 0 Å². The van der Waals surface area contributed by atoms with E-state index in [2.05, 4.69) is 24.1 Å². The summed E-state index contributed by atoms with van der Waals surface area (Å²) in [4.78, 5) is 0. The number of hydrogen-bond donors (Lipinski definition) is 0. The molecule has 0 aromatic rings.